The molecule has 32 heavy (non-hydrogen) atoms. The summed E-state index contributed by atoms with van der Waals surface area (Å²) in [5.74, 6) is -0.218. The summed E-state index contributed by atoms with van der Waals surface area (Å²) in [6, 6.07) is 13.0. The first-order chi connectivity index (χ1) is 15.6. The van der Waals surface area contributed by atoms with Crippen LogP contribution in [0.25, 0.3) is 0 Å². The molecule has 1 aliphatic rings. The lowest BCUT2D eigenvalue weighted by atomic mass is 9.88. The van der Waals surface area contributed by atoms with Gasteiger partial charge in [0, 0.05) is 11.3 Å². The van der Waals surface area contributed by atoms with E-state index in [1.165, 1.54) is 12.8 Å². The summed E-state index contributed by atoms with van der Waals surface area (Å²) in [4.78, 5) is 21.4. The van der Waals surface area contributed by atoms with Crippen molar-refractivity contribution in [1.82, 2.24) is 4.98 Å². The summed E-state index contributed by atoms with van der Waals surface area (Å²) in [5, 5.41) is 15.6. The van der Waals surface area contributed by atoms with Gasteiger partial charge in [-0.05, 0) is 66.6 Å². The summed E-state index contributed by atoms with van der Waals surface area (Å²) >= 11 is 1.54. The van der Waals surface area contributed by atoms with Crippen LogP contribution < -0.4 is 4.74 Å². The average molecular weight is 451 g/mol. The fraction of sp³-hybridized carbons (Fsp3) is 0.320. The van der Waals surface area contributed by atoms with Gasteiger partial charge < -0.3 is 14.7 Å². The number of carboxylic acid groups (broad SMARTS) is 1. The first kappa shape index (κ1) is 22.0. The van der Waals surface area contributed by atoms with E-state index in [1.54, 1.807) is 41.3 Å². The van der Waals surface area contributed by atoms with Gasteiger partial charge in [-0.1, -0.05) is 30.3 Å². The van der Waals surface area contributed by atoms with Crippen molar-refractivity contribution in [2.75, 3.05) is 0 Å². The van der Waals surface area contributed by atoms with Crippen LogP contribution in [0.5, 0.6) is 5.75 Å². The largest absolute Gasteiger partial charge is 0.487 e. The smallest absolute Gasteiger partial charge is 0.335 e. The van der Waals surface area contributed by atoms with Crippen molar-refractivity contribution in [3.05, 3.63) is 81.3 Å². The van der Waals surface area contributed by atoms with Crippen LogP contribution in [0.3, 0.4) is 0 Å². The number of nitrogens with zero attached hydrogens (tertiary/aromatic N) is 2. The highest BCUT2D eigenvalue weighted by molar-refractivity contribution is 7.07. The van der Waals surface area contributed by atoms with Crippen LogP contribution in [0.2, 0.25) is 0 Å². The number of rotatable bonds is 9. The summed E-state index contributed by atoms with van der Waals surface area (Å²) in [7, 11) is 0. The number of ether oxygens (including phenoxy) is 1. The highest BCUT2D eigenvalue weighted by Crippen LogP contribution is 2.29. The molecule has 1 heterocycles. The SMILES string of the molecule is CC(c1ccc(OCc2cscn2)cc1)c1cc(C(=O)O)ccc1C=NOC1CCCC1. The molecule has 166 valence electrons. The summed E-state index contributed by atoms with van der Waals surface area (Å²) < 4.78 is 5.80. The van der Waals surface area contributed by atoms with Crippen molar-refractivity contribution in [1.29, 1.82) is 0 Å². The van der Waals surface area contributed by atoms with E-state index >= 15 is 0 Å². The highest BCUT2D eigenvalue weighted by Gasteiger charge is 2.17. The maximum Gasteiger partial charge on any atom is 0.335 e. The Morgan fingerprint density at radius 3 is 2.72 bits per heavy atom. The second-order valence-corrected chi connectivity index (χ2v) is 8.67. The molecule has 0 spiro atoms. The third-order valence-corrected chi connectivity index (χ3v) is 6.39. The van der Waals surface area contributed by atoms with Crippen molar-refractivity contribution in [3.8, 4) is 5.75 Å². The maximum absolute atomic E-state index is 11.5. The second kappa shape index (κ2) is 10.4. The number of oxime groups is 1. The minimum absolute atomic E-state index is 0.0326. The number of hydrogen-bond donors (Lipinski definition) is 1. The van der Waals surface area contributed by atoms with Crippen LogP contribution in [0, 0.1) is 0 Å². The number of benzene rings is 2. The average Bonchev–Trinajstić information content (AvgIpc) is 3.52. The molecule has 6 nitrogen and oxygen atoms in total. The molecule has 7 heteroatoms. The number of thiazole rings is 1. The van der Waals surface area contributed by atoms with E-state index in [0.717, 1.165) is 41.0 Å². The van der Waals surface area contributed by atoms with E-state index in [2.05, 4.69) is 17.1 Å². The molecule has 1 N–H and O–H groups in total. The lowest BCUT2D eigenvalue weighted by Gasteiger charge is -2.17. The fourth-order valence-electron chi connectivity index (χ4n) is 3.87. The minimum Gasteiger partial charge on any atom is -0.487 e. The van der Waals surface area contributed by atoms with Crippen LogP contribution in [0.1, 0.15) is 71.3 Å². The molecule has 4 rings (SSSR count). The Hall–Kier alpha value is -3.19. The van der Waals surface area contributed by atoms with Crippen LogP contribution in [0.15, 0.2) is 58.5 Å². The van der Waals surface area contributed by atoms with Gasteiger partial charge in [0.25, 0.3) is 0 Å². The van der Waals surface area contributed by atoms with E-state index in [4.69, 9.17) is 9.57 Å². The number of aromatic nitrogens is 1. The third-order valence-electron chi connectivity index (χ3n) is 5.75. The van der Waals surface area contributed by atoms with E-state index in [-0.39, 0.29) is 17.6 Å². The van der Waals surface area contributed by atoms with Gasteiger partial charge in [0.1, 0.15) is 18.5 Å². The quantitative estimate of drug-likeness (QED) is 0.326. The second-order valence-electron chi connectivity index (χ2n) is 7.95. The van der Waals surface area contributed by atoms with Gasteiger partial charge in [0.2, 0.25) is 0 Å². The third kappa shape index (κ3) is 5.53. The van der Waals surface area contributed by atoms with Gasteiger partial charge in [0.05, 0.1) is 23.0 Å². The normalized spacial score (nSPS) is 15.2. The highest BCUT2D eigenvalue weighted by atomic mass is 32.1. The Bertz CT molecular complexity index is 1060. The van der Waals surface area contributed by atoms with Gasteiger partial charge in [-0.25, -0.2) is 9.78 Å². The molecular formula is C25H26N2O4S. The van der Waals surface area contributed by atoms with Crippen LogP contribution in [-0.2, 0) is 11.4 Å². The molecule has 0 radical (unpaired) electrons. The predicted octanol–water partition coefficient (Wildman–Crippen LogP) is 5.87. The van der Waals surface area contributed by atoms with E-state index in [1.807, 2.05) is 29.6 Å². The van der Waals surface area contributed by atoms with Gasteiger partial charge >= 0.3 is 5.97 Å². The topological polar surface area (TPSA) is 81.0 Å². The summed E-state index contributed by atoms with van der Waals surface area (Å²) in [6.45, 7) is 2.49. The summed E-state index contributed by atoms with van der Waals surface area (Å²) in [5.41, 5.74) is 5.74. The van der Waals surface area contributed by atoms with E-state index < -0.39 is 5.97 Å². The maximum atomic E-state index is 11.5. The predicted molar refractivity (Wildman–Crippen MR) is 125 cm³/mol. The zero-order valence-electron chi connectivity index (χ0n) is 17.9. The van der Waals surface area contributed by atoms with Crippen molar-refractivity contribution >= 4 is 23.5 Å². The molecule has 1 saturated carbocycles. The van der Waals surface area contributed by atoms with Crippen LogP contribution >= 0.6 is 11.3 Å². The lowest BCUT2D eigenvalue weighted by molar-refractivity contribution is 0.0657. The molecule has 3 aromatic rings. The van der Waals surface area contributed by atoms with Gasteiger partial charge in [-0.3, -0.25) is 0 Å². The Labute approximate surface area is 191 Å². The molecule has 1 aliphatic carbocycles. The number of carbonyl (C=O) groups is 1. The fourth-order valence-corrected chi connectivity index (χ4v) is 4.41. The molecular weight excluding hydrogens is 424 g/mol. The molecule has 1 aromatic heterocycles. The minimum atomic E-state index is -0.949. The van der Waals surface area contributed by atoms with Gasteiger partial charge in [-0.15, -0.1) is 11.3 Å². The Kier molecular flexibility index (Phi) is 7.17. The molecule has 1 atom stereocenters. The molecule has 1 unspecified atom stereocenters. The Morgan fingerprint density at radius 2 is 2.03 bits per heavy atom. The van der Waals surface area contributed by atoms with Crippen molar-refractivity contribution in [3.63, 3.8) is 0 Å². The lowest BCUT2D eigenvalue weighted by Crippen LogP contribution is -2.06. The van der Waals surface area contributed by atoms with Crippen LogP contribution in [0.4, 0.5) is 0 Å². The first-order valence-electron chi connectivity index (χ1n) is 10.8. The molecule has 0 amide bonds. The standard InChI is InChI=1S/C25H26N2O4S/c1-17(18-8-10-22(11-9-18)30-14-21-15-32-16-26-21)24-12-19(25(28)29)6-7-20(24)13-27-31-23-4-2-3-5-23/h6-13,15-17,23H,2-5,14H2,1H3,(H,28,29). The van der Waals surface area contributed by atoms with Crippen molar-refractivity contribution < 1.29 is 19.5 Å². The summed E-state index contributed by atoms with van der Waals surface area (Å²) in [6.07, 6.45) is 6.31. The Balaban J connectivity index is 1.51. The molecule has 2 aromatic carbocycles. The van der Waals surface area contributed by atoms with E-state index in [9.17, 15) is 9.90 Å². The number of aromatic carboxylic acids is 1. The first-order valence-corrected chi connectivity index (χ1v) is 11.7. The number of carboxylic acids is 1. The van der Waals surface area contributed by atoms with Gasteiger partial charge in [0.15, 0.2) is 0 Å². The van der Waals surface area contributed by atoms with Crippen molar-refractivity contribution in [2.45, 2.75) is 51.2 Å². The molecule has 0 bridgehead atoms. The molecule has 0 saturated heterocycles. The zero-order valence-corrected chi connectivity index (χ0v) is 18.8. The Morgan fingerprint density at radius 1 is 1.25 bits per heavy atom. The monoisotopic (exact) mass is 450 g/mol. The van der Waals surface area contributed by atoms with E-state index in [0.29, 0.717) is 6.61 Å². The van der Waals surface area contributed by atoms with Crippen molar-refractivity contribution in [2.24, 2.45) is 5.16 Å². The molecule has 0 aliphatic heterocycles. The van der Waals surface area contributed by atoms with Crippen LogP contribution in [-0.4, -0.2) is 28.4 Å². The molecule has 1 fully saturated rings. The zero-order chi connectivity index (χ0) is 22.3. The number of hydrogen-bond acceptors (Lipinski definition) is 6. The van der Waals surface area contributed by atoms with Gasteiger partial charge in [-0.2, -0.15) is 0 Å².